The first kappa shape index (κ1) is 15.5. The largest absolute Gasteiger partial charge is 0.388 e. The van der Waals surface area contributed by atoms with Crippen LogP contribution >= 0.6 is 0 Å². The van der Waals surface area contributed by atoms with Crippen LogP contribution in [-0.2, 0) is 18.9 Å². The summed E-state index contributed by atoms with van der Waals surface area (Å²) in [5, 5.41) is 14.2. The van der Waals surface area contributed by atoms with Crippen LogP contribution in [0, 0.1) is 0 Å². The second kappa shape index (κ2) is 5.81. The van der Waals surface area contributed by atoms with Crippen LogP contribution in [0.15, 0.2) is 30.3 Å². The molecule has 3 fully saturated rings. The van der Waals surface area contributed by atoms with Crippen LogP contribution in [0.4, 0.5) is 0 Å². The summed E-state index contributed by atoms with van der Waals surface area (Å²) < 4.78 is 23.5. The molecule has 126 valence electrons. The van der Waals surface area contributed by atoms with Crippen molar-refractivity contribution < 1.29 is 24.1 Å². The maximum atomic E-state index is 10.8. The molecule has 3 heterocycles. The molecule has 3 saturated heterocycles. The molecule has 0 radical (unpaired) electrons. The predicted molar refractivity (Wildman–Crippen MR) is 81.6 cm³/mol. The fourth-order valence-electron chi connectivity index (χ4n) is 3.55. The number of hydrogen-bond donors (Lipinski definition) is 2. The first-order chi connectivity index (χ1) is 11.0. The average molecular weight is 321 g/mol. The van der Waals surface area contributed by atoms with E-state index in [1.54, 1.807) is 0 Å². The molecular weight excluding hydrogens is 298 g/mol. The van der Waals surface area contributed by atoms with Gasteiger partial charge in [-0.25, -0.2) is 0 Å². The molecular formula is C17H23NO5. The number of benzene rings is 1. The van der Waals surface area contributed by atoms with Crippen LogP contribution in [0.1, 0.15) is 25.7 Å². The maximum Gasteiger partial charge on any atom is 0.184 e. The van der Waals surface area contributed by atoms with Crippen LogP contribution in [0.2, 0.25) is 0 Å². The molecule has 1 aromatic rings. The van der Waals surface area contributed by atoms with Crippen molar-refractivity contribution in [2.24, 2.45) is 0 Å². The number of ether oxygens (including phenoxy) is 4. The molecule has 0 unspecified atom stereocenters. The van der Waals surface area contributed by atoms with Crippen molar-refractivity contribution in [1.29, 1.82) is 0 Å². The summed E-state index contributed by atoms with van der Waals surface area (Å²) in [4.78, 5) is 0. The van der Waals surface area contributed by atoms with Crippen molar-refractivity contribution in [1.82, 2.24) is 5.32 Å². The Balaban J connectivity index is 1.52. The van der Waals surface area contributed by atoms with Crippen molar-refractivity contribution in [3.8, 4) is 0 Å². The Labute approximate surface area is 135 Å². The van der Waals surface area contributed by atoms with E-state index in [-0.39, 0.29) is 24.3 Å². The third kappa shape index (κ3) is 2.91. The number of aliphatic hydroxyl groups excluding tert-OH is 1. The zero-order chi connectivity index (χ0) is 16.0. The molecule has 3 aliphatic rings. The van der Waals surface area contributed by atoms with Gasteiger partial charge in [0, 0.05) is 5.56 Å². The quantitative estimate of drug-likeness (QED) is 0.803. The number of piperidine rings is 1. The summed E-state index contributed by atoms with van der Waals surface area (Å²) in [6.45, 7) is 4.70. The Hall–Kier alpha value is -1.02. The smallest absolute Gasteiger partial charge is 0.184 e. The van der Waals surface area contributed by atoms with E-state index in [9.17, 15) is 5.11 Å². The molecule has 6 atom stereocenters. The average Bonchev–Trinajstić information content (AvgIpc) is 2.56. The highest BCUT2D eigenvalue weighted by Crippen LogP contribution is 2.35. The molecule has 6 nitrogen and oxygen atoms in total. The van der Waals surface area contributed by atoms with Gasteiger partial charge in [0.25, 0.3) is 0 Å². The zero-order valence-electron chi connectivity index (χ0n) is 13.3. The lowest BCUT2D eigenvalue weighted by molar-refractivity contribution is -0.337. The van der Waals surface area contributed by atoms with Gasteiger partial charge in [-0.15, -0.1) is 0 Å². The Morgan fingerprint density at radius 1 is 1.09 bits per heavy atom. The van der Waals surface area contributed by atoms with Gasteiger partial charge in [-0.1, -0.05) is 30.3 Å². The third-order valence-electron chi connectivity index (χ3n) is 4.70. The van der Waals surface area contributed by atoms with Crippen molar-refractivity contribution in [3.63, 3.8) is 0 Å². The SMILES string of the molecule is CC1(C)OC[C@@H]2N[C@@H]3CO[C@@H](c4ccccc4)O[C@H]3[C@@H](O)[C@H]2O1. The Bertz CT molecular complexity index is 551. The summed E-state index contributed by atoms with van der Waals surface area (Å²) in [6.07, 6.45) is -1.90. The van der Waals surface area contributed by atoms with E-state index in [2.05, 4.69) is 5.32 Å². The van der Waals surface area contributed by atoms with Crippen LogP contribution in [-0.4, -0.2) is 54.5 Å². The minimum absolute atomic E-state index is 0.0558. The summed E-state index contributed by atoms with van der Waals surface area (Å²) in [5.74, 6) is -0.694. The summed E-state index contributed by atoms with van der Waals surface area (Å²) in [7, 11) is 0. The molecule has 0 spiro atoms. The summed E-state index contributed by atoms with van der Waals surface area (Å²) >= 11 is 0. The normalized spacial score (nSPS) is 42.6. The monoisotopic (exact) mass is 321 g/mol. The van der Waals surface area contributed by atoms with Gasteiger partial charge in [-0.2, -0.15) is 0 Å². The lowest BCUT2D eigenvalue weighted by Crippen LogP contribution is -2.72. The zero-order valence-corrected chi connectivity index (χ0v) is 13.3. The van der Waals surface area contributed by atoms with Crippen LogP contribution in [0.5, 0.6) is 0 Å². The summed E-state index contributed by atoms with van der Waals surface area (Å²) in [6, 6.07) is 9.65. The number of nitrogens with one attached hydrogen (secondary N) is 1. The molecule has 3 aliphatic heterocycles. The highest BCUT2D eigenvalue weighted by Gasteiger charge is 2.52. The second-order valence-electron chi connectivity index (χ2n) is 6.84. The van der Waals surface area contributed by atoms with Crippen LogP contribution in [0.3, 0.4) is 0 Å². The van der Waals surface area contributed by atoms with Crippen molar-refractivity contribution >= 4 is 0 Å². The molecule has 23 heavy (non-hydrogen) atoms. The van der Waals surface area contributed by atoms with E-state index in [1.807, 2.05) is 44.2 Å². The van der Waals surface area contributed by atoms with Crippen molar-refractivity contribution in [2.75, 3.05) is 13.2 Å². The first-order valence-corrected chi connectivity index (χ1v) is 8.11. The highest BCUT2D eigenvalue weighted by molar-refractivity contribution is 5.17. The van der Waals surface area contributed by atoms with Gasteiger partial charge in [-0.05, 0) is 13.8 Å². The van der Waals surface area contributed by atoms with E-state index in [4.69, 9.17) is 18.9 Å². The van der Waals surface area contributed by atoms with Gasteiger partial charge in [0.2, 0.25) is 0 Å². The molecule has 6 heteroatoms. The molecule has 4 rings (SSSR count). The minimum atomic E-state index is -0.718. The third-order valence-corrected chi connectivity index (χ3v) is 4.70. The fourth-order valence-corrected chi connectivity index (χ4v) is 3.55. The number of aliphatic hydroxyl groups is 1. The molecule has 0 aromatic heterocycles. The molecule has 0 aliphatic carbocycles. The van der Waals surface area contributed by atoms with E-state index in [0.29, 0.717) is 13.2 Å². The van der Waals surface area contributed by atoms with E-state index in [0.717, 1.165) is 5.56 Å². The molecule has 2 N–H and O–H groups in total. The Kier molecular flexibility index (Phi) is 3.91. The molecule has 0 amide bonds. The fraction of sp³-hybridized carbons (Fsp3) is 0.647. The Morgan fingerprint density at radius 3 is 2.61 bits per heavy atom. The maximum absolute atomic E-state index is 10.8. The van der Waals surface area contributed by atoms with E-state index >= 15 is 0 Å². The molecule has 0 saturated carbocycles. The van der Waals surface area contributed by atoms with E-state index < -0.39 is 18.2 Å². The van der Waals surface area contributed by atoms with Gasteiger partial charge >= 0.3 is 0 Å². The van der Waals surface area contributed by atoms with Crippen molar-refractivity contribution in [2.45, 2.75) is 56.3 Å². The Morgan fingerprint density at radius 2 is 1.83 bits per heavy atom. The van der Waals surface area contributed by atoms with Crippen LogP contribution in [0.25, 0.3) is 0 Å². The number of hydrogen-bond acceptors (Lipinski definition) is 6. The predicted octanol–water partition coefficient (Wildman–Crippen LogP) is 0.953. The lowest BCUT2D eigenvalue weighted by atomic mass is 9.89. The lowest BCUT2D eigenvalue weighted by Gasteiger charge is -2.52. The number of fused-ring (bicyclic) bond motifs is 2. The first-order valence-electron chi connectivity index (χ1n) is 8.11. The van der Waals surface area contributed by atoms with Crippen molar-refractivity contribution in [3.05, 3.63) is 35.9 Å². The van der Waals surface area contributed by atoms with E-state index in [1.165, 1.54) is 0 Å². The number of rotatable bonds is 1. The topological polar surface area (TPSA) is 69.2 Å². The summed E-state index contributed by atoms with van der Waals surface area (Å²) in [5.41, 5.74) is 0.952. The molecule has 1 aromatic carbocycles. The highest BCUT2D eigenvalue weighted by atomic mass is 16.7. The van der Waals surface area contributed by atoms with Gasteiger partial charge in [0.15, 0.2) is 12.1 Å². The standard InChI is InChI=1S/C17H23NO5/c1-17(2)21-9-12-15(23-17)13(19)14-11(18-12)8-20-16(22-14)10-6-4-3-5-7-10/h3-7,11-16,18-19H,8-9H2,1-2H3/t11-,12+,13-,14-,15+,16-/m1/s1. The van der Waals surface area contributed by atoms with Crippen LogP contribution < -0.4 is 5.32 Å². The van der Waals surface area contributed by atoms with Gasteiger partial charge in [0.05, 0.1) is 25.3 Å². The minimum Gasteiger partial charge on any atom is -0.388 e. The van der Waals surface area contributed by atoms with Gasteiger partial charge in [0.1, 0.15) is 18.3 Å². The molecule has 0 bridgehead atoms. The second-order valence-corrected chi connectivity index (χ2v) is 6.84. The van der Waals surface area contributed by atoms with Gasteiger partial charge < -0.3 is 29.4 Å². The van der Waals surface area contributed by atoms with Gasteiger partial charge in [-0.3, -0.25) is 0 Å².